The molecular weight excluding hydrogens is 443 g/mol. The summed E-state index contributed by atoms with van der Waals surface area (Å²) in [5.41, 5.74) is 0.142. The van der Waals surface area contributed by atoms with Gasteiger partial charge in [-0.3, -0.25) is 4.79 Å². The topological polar surface area (TPSA) is 73.3 Å². The minimum atomic E-state index is -4.54. The molecular formula is C22H18F3N3O3S. The van der Waals surface area contributed by atoms with Crippen LogP contribution in [0.25, 0.3) is 11.3 Å². The first-order valence-corrected chi connectivity index (χ1v) is 10.4. The summed E-state index contributed by atoms with van der Waals surface area (Å²) in [6, 6.07) is 14.1. The van der Waals surface area contributed by atoms with E-state index in [0.717, 1.165) is 18.0 Å². The van der Waals surface area contributed by atoms with Crippen molar-refractivity contribution in [2.45, 2.75) is 24.2 Å². The second-order valence-electron chi connectivity index (χ2n) is 7.01. The molecule has 1 unspecified atom stereocenters. The molecule has 1 aliphatic rings. The van der Waals surface area contributed by atoms with Gasteiger partial charge in [-0.1, -0.05) is 30.3 Å². The molecule has 0 radical (unpaired) electrons. The number of pyridine rings is 2. The lowest BCUT2D eigenvalue weighted by atomic mass is 10.0. The molecule has 1 aliphatic heterocycles. The Hall–Kier alpha value is -3.11. The van der Waals surface area contributed by atoms with E-state index in [1.165, 1.54) is 6.07 Å². The highest BCUT2D eigenvalue weighted by Gasteiger charge is 2.35. The van der Waals surface area contributed by atoms with Gasteiger partial charge < -0.3 is 14.2 Å². The molecule has 32 heavy (non-hydrogen) atoms. The van der Waals surface area contributed by atoms with Crippen LogP contribution >= 0.6 is 11.9 Å². The number of hydrogen-bond acceptors (Lipinski definition) is 7. The highest BCUT2D eigenvalue weighted by molar-refractivity contribution is 8.00. The van der Waals surface area contributed by atoms with Crippen LogP contribution in [-0.4, -0.2) is 35.1 Å². The van der Waals surface area contributed by atoms with E-state index in [1.807, 2.05) is 0 Å². The molecule has 1 fully saturated rings. The lowest BCUT2D eigenvalue weighted by Crippen LogP contribution is -2.25. The average molecular weight is 461 g/mol. The van der Waals surface area contributed by atoms with Gasteiger partial charge in [-0.15, -0.1) is 0 Å². The molecule has 1 N–H and O–H groups in total. The molecule has 0 saturated carbocycles. The van der Waals surface area contributed by atoms with Crippen LogP contribution in [0.3, 0.4) is 0 Å². The predicted molar refractivity (Wildman–Crippen MR) is 113 cm³/mol. The molecule has 0 spiro atoms. The van der Waals surface area contributed by atoms with Gasteiger partial charge in [0.2, 0.25) is 11.7 Å². The van der Waals surface area contributed by atoms with Crippen LogP contribution in [0.4, 0.5) is 19.0 Å². The average Bonchev–Trinajstić information content (AvgIpc) is 3.16. The second-order valence-corrected chi connectivity index (χ2v) is 7.84. The van der Waals surface area contributed by atoms with Gasteiger partial charge in [0.1, 0.15) is 17.5 Å². The SMILES string of the molecule is Cc1ccccc1-c1nc(NSc2cccc(OC3COCC3=O)n2)ccc1C(F)(F)F. The Morgan fingerprint density at radius 2 is 1.91 bits per heavy atom. The van der Waals surface area contributed by atoms with Gasteiger partial charge in [0.05, 0.1) is 17.9 Å². The Balaban J connectivity index is 1.54. The van der Waals surface area contributed by atoms with E-state index >= 15 is 0 Å². The second kappa shape index (κ2) is 9.17. The molecule has 3 heterocycles. The summed E-state index contributed by atoms with van der Waals surface area (Å²) < 4.78 is 54.2. The molecule has 6 nitrogen and oxygen atoms in total. The van der Waals surface area contributed by atoms with Crippen LogP contribution in [0.1, 0.15) is 11.1 Å². The van der Waals surface area contributed by atoms with E-state index < -0.39 is 17.8 Å². The van der Waals surface area contributed by atoms with Gasteiger partial charge in [0.15, 0.2) is 6.10 Å². The minimum Gasteiger partial charge on any atom is -0.464 e. The molecule has 2 aromatic heterocycles. The third-order valence-corrected chi connectivity index (χ3v) is 5.44. The summed E-state index contributed by atoms with van der Waals surface area (Å²) in [6.07, 6.45) is -5.23. The van der Waals surface area contributed by atoms with Crippen LogP contribution in [0, 0.1) is 6.92 Å². The zero-order valence-corrected chi connectivity index (χ0v) is 17.7. The van der Waals surface area contributed by atoms with Crippen molar-refractivity contribution >= 4 is 23.5 Å². The van der Waals surface area contributed by atoms with Crippen molar-refractivity contribution in [2.24, 2.45) is 0 Å². The minimum absolute atomic E-state index is 0.0173. The Labute approximate surface area is 186 Å². The Morgan fingerprint density at radius 1 is 1.09 bits per heavy atom. The molecule has 0 aliphatic carbocycles. The van der Waals surface area contributed by atoms with E-state index in [9.17, 15) is 18.0 Å². The number of Topliss-reactive ketones (excluding diaryl/α,β-unsaturated/α-hetero) is 1. The number of ether oxygens (including phenoxy) is 2. The third-order valence-electron chi connectivity index (χ3n) is 4.69. The number of ketones is 1. The van der Waals surface area contributed by atoms with Gasteiger partial charge in [-0.2, -0.15) is 13.2 Å². The fraction of sp³-hybridized carbons (Fsp3) is 0.227. The molecule has 1 saturated heterocycles. The van der Waals surface area contributed by atoms with Crippen molar-refractivity contribution < 1.29 is 27.4 Å². The van der Waals surface area contributed by atoms with Gasteiger partial charge in [-0.05, 0) is 30.7 Å². The number of anilines is 1. The van der Waals surface area contributed by atoms with Crippen molar-refractivity contribution in [1.29, 1.82) is 0 Å². The maximum absolute atomic E-state index is 13.6. The van der Waals surface area contributed by atoms with E-state index in [0.29, 0.717) is 16.2 Å². The van der Waals surface area contributed by atoms with Crippen LogP contribution in [-0.2, 0) is 15.7 Å². The summed E-state index contributed by atoms with van der Waals surface area (Å²) >= 11 is 1.07. The van der Waals surface area contributed by atoms with Crippen LogP contribution < -0.4 is 9.46 Å². The van der Waals surface area contributed by atoms with E-state index in [2.05, 4.69) is 14.7 Å². The Morgan fingerprint density at radius 3 is 2.62 bits per heavy atom. The monoisotopic (exact) mass is 461 g/mol. The van der Waals surface area contributed by atoms with Crippen molar-refractivity contribution in [2.75, 3.05) is 17.9 Å². The molecule has 0 bridgehead atoms. The van der Waals surface area contributed by atoms with Gasteiger partial charge in [0.25, 0.3) is 0 Å². The maximum Gasteiger partial charge on any atom is 0.418 e. The van der Waals surface area contributed by atoms with E-state index in [4.69, 9.17) is 9.47 Å². The number of halogens is 3. The number of benzene rings is 1. The largest absolute Gasteiger partial charge is 0.464 e. The summed E-state index contributed by atoms with van der Waals surface area (Å²) in [5.74, 6) is 0.344. The number of carbonyl (C=O) groups excluding carboxylic acids is 1. The zero-order chi connectivity index (χ0) is 22.7. The Kier molecular flexibility index (Phi) is 6.33. The molecule has 0 amide bonds. The molecule has 1 atom stereocenters. The van der Waals surface area contributed by atoms with Crippen molar-refractivity contribution in [3.05, 3.63) is 65.7 Å². The summed E-state index contributed by atoms with van der Waals surface area (Å²) in [4.78, 5) is 20.2. The van der Waals surface area contributed by atoms with E-state index in [1.54, 1.807) is 49.4 Å². The van der Waals surface area contributed by atoms with Crippen molar-refractivity contribution in [1.82, 2.24) is 9.97 Å². The quantitative estimate of drug-likeness (QED) is 0.522. The first kappa shape index (κ1) is 22.1. The van der Waals surface area contributed by atoms with Gasteiger partial charge in [0, 0.05) is 23.6 Å². The van der Waals surface area contributed by atoms with Crippen molar-refractivity contribution in [3.63, 3.8) is 0 Å². The fourth-order valence-corrected chi connectivity index (χ4v) is 3.71. The molecule has 1 aromatic carbocycles. The molecule has 3 aromatic rings. The Bertz CT molecular complexity index is 1140. The number of nitrogens with zero attached hydrogens (tertiary/aromatic N) is 2. The lowest BCUT2D eigenvalue weighted by Gasteiger charge is -2.15. The predicted octanol–water partition coefficient (Wildman–Crippen LogP) is 4.94. The van der Waals surface area contributed by atoms with Crippen LogP contribution in [0.2, 0.25) is 0 Å². The van der Waals surface area contributed by atoms with Crippen LogP contribution in [0.15, 0.2) is 59.6 Å². The number of nitrogens with one attached hydrogen (secondary N) is 1. The van der Waals surface area contributed by atoms with Crippen molar-refractivity contribution in [3.8, 4) is 17.1 Å². The highest BCUT2D eigenvalue weighted by Crippen LogP contribution is 2.38. The zero-order valence-electron chi connectivity index (χ0n) is 16.8. The van der Waals surface area contributed by atoms with Gasteiger partial charge >= 0.3 is 6.18 Å². The number of alkyl halides is 3. The highest BCUT2D eigenvalue weighted by atomic mass is 32.2. The number of carbonyl (C=O) groups is 1. The normalized spacial score (nSPS) is 16.2. The van der Waals surface area contributed by atoms with Crippen LogP contribution in [0.5, 0.6) is 5.88 Å². The molecule has 166 valence electrons. The molecule has 4 rings (SSSR count). The fourth-order valence-electron chi connectivity index (χ4n) is 3.11. The smallest absolute Gasteiger partial charge is 0.418 e. The summed E-state index contributed by atoms with van der Waals surface area (Å²) in [5, 5.41) is 0.494. The first-order chi connectivity index (χ1) is 15.3. The lowest BCUT2D eigenvalue weighted by molar-refractivity contribution is -0.137. The number of hydrogen-bond donors (Lipinski definition) is 1. The summed E-state index contributed by atoms with van der Waals surface area (Å²) in [6.45, 7) is 1.93. The number of rotatable bonds is 6. The maximum atomic E-state index is 13.6. The first-order valence-electron chi connectivity index (χ1n) is 9.62. The van der Waals surface area contributed by atoms with Gasteiger partial charge in [-0.25, -0.2) is 9.97 Å². The molecule has 10 heteroatoms. The number of aromatic nitrogens is 2. The standard InChI is InChI=1S/C22H18F3N3O3S/c1-13-5-2-3-6-14(13)21-15(22(23,24)25)9-10-18(26-21)28-32-20-8-4-7-19(27-20)31-17-12-30-11-16(17)29/h2-10,17H,11-12H2,1H3,(H,26,28). The summed E-state index contributed by atoms with van der Waals surface area (Å²) in [7, 11) is 0. The third kappa shape index (κ3) is 5.03. The number of aryl methyl sites for hydroxylation is 1. The van der Waals surface area contributed by atoms with E-state index in [-0.39, 0.29) is 36.4 Å².